The van der Waals surface area contributed by atoms with Crippen LogP contribution in [0, 0.1) is 6.92 Å². The van der Waals surface area contributed by atoms with Crippen molar-refractivity contribution in [3.63, 3.8) is 0 Å². The van der Waals surface area contributed by atoms with Crippen LogP contribution in [0.1, 0.15) is 44.7 Å². The zero-order chi connectivity index (χ0) is 22.1. The molecule has 0 bridgehead atoms. The van der Waals surface area contributed by atoms with Gasteiger partial charge in [-0.25, -0.2) is 9.97 Å². The Morgan fingerprint density at radius 1 is 1.17 bits per heavy atom. The van der Waals surface area contributed by atoms with Gasteiger partial charge in [-0.05, 0) is 44.4 Å². The van der Waals surface area contributed by atoms with E-state index < -0.39 is 17.5 Å². The Hall–Kier alpha value is -2.68. The molecule has 9 heteroatoms. The fraction of sp³-hybridized carbons (Fsp3) is 0.476. The maximum atomic E-state index is 12.9. The number of nitrogens with zero attached hydrogens (tertiary/aromatic N) is 4. The van der Waals surface area contributed by atoms with E-state index in [1.165, 1.54) is 13.1 Å². The molecule has 0 spiro atoms. The SMILES string of the molecule is CC.Cc1cc(C(F)(F)F)cc(O)c1-c1cnc2cn(C3(C)CCOCC3)nc2n1. The Labute approximate surface area is 172 Å². The number of aryl methyl sites for hydroxylation is 1. The smallest absolute Gasteiger partial charge is 0.416 e. The molecule has 1 saturated heterocycles. The number of aromatic nitrogens is 4. The Morgan fingerprint density at radius 3 is 2.43 bits per heavy atom. The van der Waals surface area contributed by atoms with Crippen LogP contribution in [-0.4, -0.2) is 38.1 Å². The molecular formula is C21H25F3N4O2. The predicted octanol–water partition coefficient (Wildman–Crippen LogP) is 5.08. The van der Waals surface area contributed by atoms with Crippen molar-refractivity contribution in [1.82, 2.24) is 19.7 Å². The van der Waals surface area contributed by atoms with Crippen molar-refractivity contribution >= 4 is 11.2 Å². The van der Waals surface area contributed by atoms with E-state index in [-0.39, 0.29) is 22.4 Å². The molecule has 162 valence electrons. The van der Waals surface area contributed by atoms with Crippen molar-refractivity contribution in [3.8, 4) is 17.0 Å². The average molecular weight is 422 g/mol. The maximum absolute atomic E-state index is 12.9. The third kappa shape index (κ3) is 4.12. The van der Waals surface area contributed by atoms with Gasteiger partial charge in [0, 0.05) is 18.8 Å². The second-order valence-electron chi connectivity index (χ2n) is 7.33. The van der Waals surface area contributed by atoms with Crippen LogP contribution in [0.25, 0.3) is 22.4 Å². The second-order valence-corrected chi connectivity index (χ2v) is 7.33. The lowest BCUT2D eigenvalue weighted by Crippen LogP contribution is -2.37. The maximum Gasteiger partial charge on any atom is 0.416 e. The van der Waals surface area contributed by atoms with Crippen molar-refractivity contribution in [2.45, 2.75) is 52.3 Å². The van der Waals surface area contributed by atoms with Crippen LogP contribution in [0.2, 0.25) is 0 Å². The fourth-order valence-corrected chi connectivity index (χ4v) is 3.50. The number of hydrogen-bond donors (Lipinski definition) is 1. The van der Waals surface area contributed by atoms with Gasteiger partial charge >= 0.3 is 6.18 Å². The molecule has 1 aromatic carbocycles. The van der Waals surface area contributed by atoms with Gasteiger partial charge in [0.2, 0.25) is 0 Å². The van der Waals surface area contributed by atoms with Gasteiger partial charge in [0.1, 0.15) is 11.3 Å². The molecule has 1 N–H and O–H groups in total. The number of benzene rings is 1. The molecule has 0 amide bonds. The summed E-state index contributed by atoms with van der Waals surface area (Å²) in [5.74, 6) is -0.489. The molecule has 0 aliphatic carbocycles. The summed E-state index contributed by atoms with van der Waals surface area (Å²) in [6.07, 6.45) is 0.348. The first-order chi connectivity index (χ1) is 14.2. The zero-order valence-electron chi connectivity index (χ0n) is 17.4. The molecule has 0 radical (unpaired) electrons. The highest BCUT2D eigenvalue weighted by molar-refractivity contribution is 5.77. The van der Waals surface area contributed by atoms with Gasteiger partial charge in [-0.3, -0.25) is 4.68 Å². The lowest BCUT2D eigenvalue weighted by atomic mass is 9.93. The Balaban J connectivity index is 0.00000124. The summed E-state index contributed by atoms with van der Waals surface area (Å²) >= 11 is 0. The summed E-state index contributed by atoms with van der Waals surface area (Å²) in [4.78, 5) is 8.79. The van der Waals surface area contributed by atoms with Crippen LogP contribution >= 0.6 is 0 Å². The molecule has 1 aliphatic heterocycles. The minimum absolute atomic E-state index is 0.201. The van der Waals surface area contributed by atoms with Crippen LogP contribution in [-0.2, 0) is 16.5 Å². The normalized spacial score (nSPS) is 16.2. The molecule has 0 saturated carbocycles. The standard InChI is InChI=1S/C19H19F3N4O2.C2H6/c1-11-7-12(19(20,21)22)8-15(27)16(11)13-9-23-14-10-26(25-17(14)24-13)18(2)3-5-28-6-4-18;1-2/h7-10,27H,3-6H2,1-2H3;1-2H3. The summed E-state index contributed by atoms with van der Waals surface area (Å²) in [7, 11) is 0. The van der Waals surface area contributed by atoms with Gasteiger partial charge in [-0.1, -0.05) is 13.8 Å². The average Bonchev–Trinajstić information content (AvgIpc) is 3.13. The zero-order valence-corrected chi connectivity index (χ0v) is 17.4. The van der Waals surface area contributed by atoms with Gasteiger partial charge in [0.05, 0.1) is 29.2 Å². The number of rotatable bonds is 2. The van der Waals surface area contributed by atoms with Gasteiger partial charge in [0.15, 0.2) is 5.65 Å². The van der Waals surface area contributed by atoms with Crippen LogP contribution in [0.4, 0.5) is 13.2 Å². The Morgan fingerprint density at radius 2 is 1.83 bits per heavy atom. The van der Waals surface area contributed by atoms with Crippen LogP contribution in [0.3, 0.4) is 0 Å². The molecule has 1 fully saturated rings. The molecule has 1 aliphatic rings. The van der Waals surface area contributed by atoms with Crippen LogP contribution in [0.5, 0.6) is 5.75 Å². The Kier molecular flexibility index (Phi) is 6.03. The van der Waals surface area contributed by atoms with Crippen molar-refractivity contribution < 1.29 is 23.0 Å². The van der Waals surface area contributed by atoms with Gasteiger partial charge in [-0.2, -0.15) is 18.3 Å². The fourth-order valence-electron chi connectivity index (χ4n) is 3.50. The van der Waals surface area contributed by atoms with Crippen molar-refractivity contribution in [3.05, 3.63) is 35.7 Å². The molecule has 2 aromatic heterocycles. The predicted molar refractivity (Wildman–Crippen MR) is 107 cm³/mol. The molecular weight excluding hydrogens is 397 g/mol. The summed E-state index contributed by atoms with van der Waals surface area (Å²) in [6.45, 7) is 8.89. The van der Waals surface area contributed by atoms with E-state index in [0.29, 0.717) is 30.4 Å². The van der Waals surface area contributed by atoms with Gasteiger partial charge in [0.25, 0.3) is 0 Å². The quantitative estimate of drug-likeness (QED) is 0.624. The first kappa shape index (κ1) is 22.0. The largest absolute Gasteiger partial charge is 0.507 e. The highest BCUT2D eigenvalue weighted by atomic mass is 19.4. The number of alkyl halides is 3. The lowest BCUT2D eigenvalue weighted by molar-refractivity contribution is -0.137. The van der Waals surface area contributed by atoms with E-state index >= 15 is 0 Å². The van der Waals surface area contributed by atoms with Crippen LogP contribution < -0.4 is 0 Å². The van der Waals surface area contributed by atoms with E-state index in [4.69, 9.17) is 4.74 Å². The minimum Gasteiger partial charge on any atom is -0.507 e. The van der Waals surface area contributed by atoms with Crippen LogP contribution in [0.15, 0.2) is 24.5 Å². The highest BCUT2D eigenvalue weighted by Gasteiger charge is 2.33. The molecule has 3 aromatic rings. The van der Waals surface area contributed by atoms with E-state index in [9.17, 15) is 18.3 Å². The van der Waals surface area contributed by atoms with E-state index in [1.54, 1.807) is 0 Å². The third-order valence-corrected chi connectivity index (χ3v) is 5.25. The lowest BCUT2D eigenvalue weighted by Gasteiger charge is -2.33. The molecule has 6 nitrogen and oxygen atoms in total. The summed E-state index contributed by atoms with van der Waals surface area (Å²) in [5, 5.41) is 14.7. The number of phenolic OH excluding ortho intramolecular Hbond substituents is 1. The Bertz CT molecular complexity index is 1020. The first-order valence-electron chi connectivity index (χ1n) is 9.89. The third-order valence-electron chi connectivity index (χ3n) is 5.25. The number of halogens is 3. The summed E-state index contributed by atoms with van der Waals surface area (Å²) in [5.41, 5.74) is 0.610. The second kappa shape index (κ2) is 8.22. The van der Waals surface area contributed by atoms with Crippen molar-refractivity contribution in [2.75, 3.05) is 13.2 Å². The number of ether oxygens (including phenoxy) is 1. The number of phenols is 1. The minimum atomic E-state index is -4.53. The van der Waals surface area contributed by atoms with Crippen molar-refractivity contribution in [1.29, 1.82) is 0 Å². The van der Waals surface area contributed by atoms with E-state index in [1.807, 2.05) is 24.7 Å². The van der Waals surface area contributed by atoms with Gasteiger partial charge in [-0.15, -0.1) is 0 Å². The number of fused-ring (bicyclic) bond motifs is 1. The molecule has 4 rings (SSSR count). The molecule has 0 unspecified atom stereocenters. The van der Waals surface area contributed by atoms with E-state index in [2.05, 4.69) is 22.0 Å². The summed E-state index contributed by atoms with van der Waals surface area (Å²) in [6, 6.07) is 1.69. The molecule has 0 atom stereocenters. The van der Waals surface area contributed by atoms with Crippen molar-refractivity contribution in [2.24, 2.45) is 0 Å². The topological polar surface area (TPSA) is 73.1 Å². The highest BCUT2D eigenvalue weighted by Crippen LogP contribution is 2.38. The molecule has 30 heavy (non-hydrogen) atoms. The monoisotopic (exact) mass is 422 g/mol. The van der Waals surface area contributed by atoms with Gasteiger partial charge < -0.3 is 9.84 Å². The van der Waals surface area contributed by atoms with E-state index in [0.717, 1.165) is 18.9 Å². The first-order valence-corrected chi connectivity index (χ1v) is 9.89. The molecule has 3 heterocycles. The number of hydrogen-bond acceptors (Lipinski definition) is 5. The number of aromatic hydroxyl groups is 1. The summed E-state index contributed by atoms with van der Waals surface area (Å²) < 4.78 is 46.1.